The zero-order valence-corrected chi connectivity index (χ0v) is 19.3. The van der Waals surface area contributed by atoms with E-state index in [-0.39, 0.29) is 0 Å². The number of carbonyl (C=O) groups is 1. The zero-order valence-electron chi connectivity index (χ0n) is 17.7. The molecule has 5 nitrogen and oxygen atoms in total. The summed E-state index contributed by atoms with van der Waals surface area (Å²) in [6, 6.07) is 26.0. The maximum absolute atomic E-state index is 11.7. The van der Waals surface area contributed by atoms with Crippen molar-refractivity contribution in [3.8, 4) is 11.3 Å². The minimum absolute atomic E-state index is 0.529. The van der Waals surface area contributed by atoms with E-state index in [1.54, 1.807) is 11.1 Å². The molecule has 1 aromatic heterocycles. The van der Waals surface area contributed by atoms with Crippen LogP contribution in [0.3, 0.4) is 0 Å². The molecule has 0 atom stereocenters. The van der Waals surface area contributed by atoms with E-state index in [1.165, 1.54) is 5.56 Å². The number of hydrogen-bond acceptors (Lipinski definition) is 4. The normalized spacial score (nSPS) is 10.6. The van der Waals surface area contributed by atoms with Crippen LogP contribution in [0.5, 0.6) is 0 Å². The second kappa shape index (κ2) is 10.2. The molecule has 0 aliphatic rings. The standard InChI is InChI=1S/C26H23BrN4O/c1-19-4-2-6-21(14-19)17-31(18-32)24-10-8-22(9-11-24)25-12-13-28-26(30-25)29-16-20-5-3-7-23(27)15-20/h2-15,18H,16-17H2,1H3,(H,28,29,30). The summed E-state index contributed by atoms with van der Waals surface area (Å²) in [6.45, 7) is 3.21. The van der Waals surface area contributed by atoms with E-state index >= 15 is 0 Å². The highest BCUT2D eigenvalue weighted by Gasteiger charge is 2.08. The smallest absolute Gasteiger partial charge is 0.223 e. The molecular weight excluding hydrogens is 464 g/mol. The van der Waals surface area contributed by atoms with Gasteiger partial charge in [-0.3, -0.25) is 4.79 Å². The first-order valence-corrected chi connectivity index (χ1v) is 11.1. The van der Waals surface area contributed by atoms with Crippen molar-refractivity contribution in [3.05, 3.63) is 106 Å². The highest BCUT2D eigenvalue weighted by molar-refractivity contribution is 9.10. The molecule has 6 heteroatoms. The maximum atomic E-state index is 11.7. The van der Waals surface area contributed by atoms with Gasteiger partial charge in [-0.2, -0.15) is 0 Å². The summed E-state index contributed by atoms with van der Waals surface area (Å²) in [5, 5.41) is 3.27. The third kappa shape index (κ3) is 5.59. The van der Waals surface area contributed by atoms with Crippen LogP contribution in [0.25, 0.3) is 11.3 Å². The Morgan fingerprint density at radius 3 is 2.50 bits per heavy atom. The summed E-state index contributed by atoms with van der Waals surface area (Å²) >= 11 is 3.49. The van der Waals surface area contributed by atoms with Crippen LogP contribution < -0.4 is 10.2 Å². The Kier molecular flexibility index (Phi) is 6.92. The van der Waals surface area contributed by atoms with Gasteiger partial charge in [0.2, 0.25) is 12.4 Å². The Hall–Kier alpha value is -3.51. The lowest BCUT2D eigenvalue weighted by Gasteiger charge is -2.18. The van der Waals surface area contributed by atoms with Gasteiger partial charge in [0.1, 0.15) is 0 Å². The van der Waals surface area contributed by atoms with E-state index in [0.717, 1.165) is 39.0 Å². The highest BCUT2D eigenvalue weighted by Crippen LogP contribution is 2.23. The summed E-state index contributed by atoms with van der Waals surface area (Å²) in [6.07, 6.45) is 2.61. The Labute approximate surface area is 196 Å². The fraction of sp³-hybridized carbons (Fsp3) is 0.115. The second-order valence-electron chi connectivity index (χ2n) is 7.52. The van der Waals surface area contributed by atoms with Gasteiger partial charge >= 0.3 is 0 Å². The van der Waals surface area contributed by atoms with Crippen LogP contribution in [0.2, 0.25) is 0 Å². The lowest BCUT2D eigenvalue weighted by Crippen LogP contribution is -2.20. The number of nitrogens with zero attached hydrogens (tertiary/aromatic N) is 3. The Morgan fingerprint density at radius 1 is 0.969 bits per heavy atom. The van der Waals surface area contributed by atoms with Crippen molar-refractivity contribution in [2.75, 3.05) is 10.2 Å². The van der Waals surface area contributed by atoms with Gasteiger partial charge in [0.25, 0.3) is 0 Å². The predicted octanol–water partition coefficient (Wildman–Crippen LogP) is 5.99. The highest BCUT2D eigenvalue weighted by atomic mass is 79.9. The minimum atomic E-state index is 0.529. The van der Waals surface area contributed by atoms with Crippen molar-refractivity contribution >= 4 is 34.0 Å². The fourth-order valence-corrected chi connectivity index (χ4v) is 3.90. The van der Waals surface area contributed by atoms with Crippen LogP contribution >= 0.6 is 15.9 Å². The lowest BCUT2D eigenvalue weighted by atomic mass is 10.1. The number of nitrogens with one attached hydrogen (secondary N) is 1. The van der Waals surface area contributed by atoms with Crippen molar-refractivity contribution in [3.63, 3.8) is 0 Å². The summed E-state index contributed by atoms with van der Waals surface area (Å²) < 4.78 is 1.04. The molecule has 0 saturated heterocycles. The van der Waals surface area contributed by atoms with Gasteiger partial charge in [0, 0.05) is 28.5 Å². The molecule has 0 aliphatic heterocycles. The number of rotatable bonds is 8. The molecule has 0 unspecified atom stereocenters. The molecule has 160 valence electrons. The van der Waals surface area contributed by atoms with E-state index in [9.17, 15) is 4.79 Å². The molecule has 0 fully saturated rings. The number of carbonyl (C=O) groups excluding carboxylic acids is 1. The molecule has 0 bridgehead atoms. The molecule has 1 N–H and O–H groups in total. The van der Waals surface area contributed by atoms with Gasteiger partial charge in [-0.25, -0.2) is 9.97 Å². The quantitative estimate of drug-likeness (QED) is 0.310. The molecule has 4 rings (SSSR count). The maximum Gasteiger partial charge on any atom is 0.223 e. The lowest BCUT2D eigenvalue weighted by molar-refractivity contribution is -0.107. The van der Waals surface area contributed by atoms with E-state index in [4.69, 9.17) is 0 Å². The van der Waals surface area contributed by atoms with E-state index < -0.39 is 0 Å². The molecule has 0 spiro atoms. The number of anilines is 2. The molecule has 1 amide bonds. The number of hydrogen-bond donors (Lipinski definition) is 1. The Bertz CT molecular complexity index is 1210. The van der Waals surface area contributed by atoms with Gasteiger partial charge in [-0.15, -0.1) is 0 Å². The molecule has 0 radical (unpaired) electrons. The number of aromatic nitrogens is 2. The first-order chi connectivity index (χ1) is 15.6. The summed E-state index contributed by atoms with van der Waals surface area (Å²) in [7, 11) is 0. The minimum Gasteiger partial charge on any atom is -0.350 e. The van der Waals surface area contributed by atoms with Crippen LogP contribution in [-0.4, -0.2) is 16.4 Å². The predicted molar refractivity (Wildman–Crippen MR) is 132 cm³/mol. The van der Waals surface area contributed by atoms with Gasteiger partial charge in [0.05, 0.1) is 12.2 Å². The van der Waals surface area contributed by atoms with Crippen LogP contribution in [0.4, 0.5) is 11.6 Å². The first kappa shape index (κ1) is 21.7. The SMILES string of the molecule is Cc1cccc(CN(C=O)c2ccc(-c3ccnc(NCc4cccc(Br)c4)n3)cc2)c1. The van der Waals surface area contributed by atoms with E-state index in [1.807, 2.05) is 67.6 Å². The summed E-state index contributed by atoms with van der Waals surface area (Å²) in [5.74, 6) is 0.570. The Morgan fingerprint density at radius 2 is 1.75 bits per heavy atom. The average molecular weight is 487 g/mol. The van der Waals surface area contributed by atoms with Gasteiger partial charge in [-0.05, 0) is 48.4 Å². The van der Waals surface area contributed by atoms with E-state index in [2.05, 4.69) is 49.4 Å². The Balaban J connectivity index is 1.46. The van der Waals surface area contributed by atoms with Crippen molar-refractivity contribution in [1.29, 1.82) is 0 Å². The third-order valence-corrected chi connectivity index (χ3v) is 5.55. The largest absolute Gasteiger partial charge is 0.350 e. The van der Waals surface area contributed by atoms with Crippen LogP contribution in [0.15, 0.2) is 89.5 Å². The molecule has 0 aliphatic carbocycles. The summed E-state index contributed by atoms with van der Waals surface area (Å²) in [5.41, 5.74) is 6.03. The number of benzene rings is 3. The van der Waals surface area contributed by atoms with E-state index in [0.29, 0.717) is 19.0 Å². The fourth-order valence-electron chi connectivity index (χ4n) is 3.45. The molecule has 0 saturated carbocycles. The summed E-state index contributed by atoms with van der Waals surface area (Å²) in [4.78, 5) is 22.4. The molecule has 3 aromatic carbocycles. The molecular formula is C26H23BrN4O. The molecule has 32 heavy (non-hydrogen) atoms. The van der Waals surface area contributed by atoms with Crippen LogP contribution in [-0.2, 0) is 17.9 Å². The van der Waals surface area contributed by atoms with Crippen LogP contribution in [0.1, 0.15) is 16.7 Å². The zero-order chi connectivity index (χ0) is 22.3. The van der Waals surface area contributed by atoms with Crippen molar-refractivity contribution < 1.29 is 4.79 Å². The monoisotopic (exact) mass is 486 g/mol. The first-order valence-electron chi connectivity index (χ1n) is 10.3. The number of halogens is 1. The van der Waals surface area contributed by atoms with Gasteiger partial charge in [0.15, 0.2) is 0 Å². The third-order valence-electron chi connectivity index (χ3n) is 5.05. The van der Waals surface area contributed by atoms with Crippen LogP contribution in [0, 0.1) is 6.92 Å². The topological polar surface area (TPSA) is 58.1 Å². The average Bonchev–Trinajstić information content (AvgIpc) is 2.82. The molecule has 1 heterocycles. The van der Waals surface area contributed by atoms with Crippen molar-refractivity contribution in [2.45, 2.75) is 20.0 Å². The number of aryl methyl sites for hydroxylation is 1. The van der Waals surface area contributed by atoms with Gasteiger partial charge < -0.3 is 10.2 Å². The second-order valence-corrected chi connectivity index (χ2v) is 8.43. The van der Waals surface area contributed by atoms with Gasteiger partial charge in [-0.1, -0.05) is 70.0 Å². The molecule has 4 aromatic rings. The van der Waals surface area contributed by atoms with Crippen molar-refractivity contribution in [2.24, 2.45) is 0 Å². The number of amides is 1. The van der Waals surface area contributed by atoms with Crippen molar-refractivity contribution in [1.82, 2.24) is 9.97 Å².